The molecule has 1 aromatic carbocycles. The lowest BCUT2D eigenvalue weighted by atomic mass is 9.98. The lowest BCUT2D eigenvalue weighted by Crippen LogP contribution is -2.41. The number of hydrogen-bond acceptors (Lipinski definition) is 6. The van der Waals surface area contributed by atoms with E-state index in [1.54, 1.807) is 47.6 Å². The van der Waals surface area contributed by atoms with Gasteiger partial charge < -0.3 is 21.2 Å². The van der Waals surface area contributed by atoms with Gasteiger partial charge in [-0.2, -0.15) is 0 Å². The highest BCUT2D eigenvalue weighted by Crippen LogP contribution is 2.33. The average Bonchev–Trinajstić information content (AvgIpc) is 3.30. The molecule has 2 aliphatic heterocycles. The van der Waals surface area contributed by atoms with Gasteiger partial charge in [-0.3, -0.25) is 9.78 Å². The van der Waals surface area contributed by atoms with Crippen molar-refractivity contribution in [3.8, 4) is 0 Å². The highest BCUT2D eigenvalue weighted by Gasteiger charge is 2.37. The Morgan fingerprint density at radius 2 is 2.04 bits per heavy atom. The Morgan fingerprint density at radius 3 is 2.68 bits per heavy atom. The van der Waals surface area contributed by atoms with Crippen LogP contribution in [0.4, 0.5) is 0 Å². The quantitative estimate of drug-likeness (QED) is 0.605. The third-order valence-corrected chi connectivity index (χ3v) is 5.24. The van der Waals surface area contributed by atoms with Crippen LogP contribution >= 0.6 is 0 Å². The monoisotopic (exact) mass is 379 g/mol. The molecule has 8 nitrogen and oxygen atoms in total. The number of carboxylic acid groups (broad SMARTS) is 1. The van der Waals surface area contributed by atoms with Gasteiger partial charge in [-0.15, -0.1) is 0 Å². The highest BCUT2D eigenvalue weighted by atomic mass is 16.4. The van der Waals surface area contributed by atoms with E-state index in [1.807, 2.05) is 6.07 Å². The summed E-state index contributed by atoms with van der Waals surface area (Å²) in [6.45, 7) is 1.20. The van der Waals surface area contributed by atoms with E-state index >= 15 is 0 Å². The third-order valence-electron chi connectivity index (χ3n) is 5.24. The zero-order valence-corrected chi connectivity index (χ0v) is 15.1. The Morgan fingerprint density at radius 1 is 1.25 bits per heavy atom. The van der Waals surface area contributed by atoms with E-state index in [-0.39, 0.29) is 24.1 Å². The van der Waals surface area contributed by atoms with Gasteiger partial charge in [0.25, 0.3) is 0 Å². The van der Waals surface area contributed by atoms with Crippen molar-refractivity contribution in [1.29, 1.82) is 0 Å². The van der Waals surface area contributed by atoms with Gasteiger partial charge in [-0.1, -0.05) is 18.2 Å². The van der Waals surface area contributed by atoms with Gasteiger partial charge in [0, 0.05) is 31.2 Å². The molecule has 5 N–H and O–H groups in total. The minimum absolute atomic E-state index is 0.0216. The number of nitrogens with two attached hydrogens (primary N) is 1. The molecule has 0 saturated heterocycles. The third kappa shape index (κ3) is 3.23. The maximum absolute atomic E-state index is 13.0. The number of amides is 1. The van der Waals surface area contributed by atoms with Gasteiger partial charge >= 0.3 is 5.97 Å². The number of carboxylic acids is 1. The summed E-state index contributed by atoms with van der Waals surface area (Å²) in [5, 5.41) is 9.06. The highest BCUT2D eigenvalue weighted by molar-refractivity contribution is 5.87. The molecule has 2 unspecified atom stereocenters. The summed E-state index contributed by atoms with van der Waals surface area (Å²) < 4.78 is 0. The first-order valence-electron chi connectivity index (χ1n) is 9.04. The SMILES string of the molecule is NCC(C(=O)N1CC2=C(C1)C(c1ccc(C(=O)O)cc1)NN2)c1cccnc1. The summed E-state index contributed by atoms with van der Waals surface area (Å²) in [4.78, 5) is 30.0. The van der Waals surface area contributed by atoms with Crippen LogP contribution in [0.15, 0.2) is 60.1 Å². The second-order valence-corrected chi connectivity index (χ2v) is 6.90. The van der Waals surface area contributed by atoms with Crippen LogP contribution in [-0.2, 0) is 4.79 Å². The molecule has 0 fully saturated rings. The number of rotatable bonds is 5. The van der Waals surface area contributed by atoms with Crippen molar-refractivity contribution in [3.63, 3.8) is 0 Å². The molecule has 1 aromatic heterocycles. The fourth-order valence-electron chi connectivity index (χ4n) is 3.72. The zero-order valence-electron chi connectivity index (χ0n) is 15.1. The number of hydrogen-bond donors (Lipinski definition) is 4. The topological polar surface area (TPSA) is 121 Å². The molecular weight excluding hydrogens is 358 g/mol. The first kappa shape index (κ1) is 18.1. The minimum atomic E-state index is -0.954. The molecule has 8 heteroatoms. The van der Waals surface area contributed by atoms with Crippen molar-refractivity contribution in [2.45, 2.75) is 12.0 Å². The summed E-state index contributed by atoms with van der Waals surface area (Å²) in [5.74, 6) is -1.40. The van der Waals surface area contributed by atoms with E-state index in [0.717, 1.165) is 22.4 Å². The summed E-state index contributed by atoms with van der Waals surface area (Å²) >= 11 is 0. The Labute approximate surface area is 162 Å². The zero-order chi connectivity index (χ0) is 19.7. The molecule has 28 heavy (non-hydrogen) atoms. The second kappa shape index (κ2) is 7.41. The maximum atomic E-state index is 13.0. The Balaban J connectivity index is 1.49. The number of carbonyl (C=O) groups is 2. The summed E-state index contributed by atoms with van der Waals surface area (Å²) in [7, 11) is 0. The molecular formula is C20H21N5O3. The van der Waals surface area contributed by atoms with Crippen LogP contribution in [-0.4, -0.2) is 46.5 Å². The van der Waals surface area contributed by atoms with Crippen molar-refractivity contribution < 1.29 is 14.7 Å². The molecule has 0 bridgehead atoms. The largest absolute Gasteiger partial charge is 0.478 e. The van der Waals surface area contributed by atoms with E-state index in [0.29, 0.717) is 13.1 Å². The smallest absolute Gasteiger partial charge is 0.335 e. The number of aromatic nitrogens is 1. The lowest BCUT2D eigenvalue weighted by molar-refractivity contribution is -0.131. The maximum Gasteiger partial charge on any atom is 0.335 e. The van der Waals surface area contributed by atoms with Crippen LogP contribution in [0, 0.1) is 0 Å². The van der Waals surface area contributed by atoms with Crippen molar-refractivity contribution in [3.05, 3.63) is 76.8 Å². The summed E-state index contributed by atoms with van der Waals surface area (Å²) in [6, 6.07) is 10.3. The van der Waals surface area contributed by atoms with Crippen molar-refractivity contribution in [1.82, 2.24) is 20.7 Å². The number of nitrogens with one attached hydrogen (secondary N) is 2. The average molecular weight is 379 g/mol. The number of pyridine rings is 1. The first-order valence-corrected chi connectivity index (χ1v) is 9.04. The number of nitrogens with zero attached hydrogens (tertiary/aromatic N) is 2. The van der Waals surface area contributed by atoms with E-state index < -0.39 is 11.9 Å². The van der Waals surface area contributed by atoms with Crippen molar-refractivity contribution in [2.75, 3.05) is 19.6 Å². The van der Waals surface area contributed by atoms with Crippen LogP contribution in [0.5, 0.6) is 0 Å². The summed E-state index contributed by atoms with van der Waals surface area (Å²) in [5.41, 5.74) is 16.3. The number of benzene rings is 1. The molecule has 2 aromatic rings. The molecule has 0 radical (unpaired) electrons. The summed E-state index contributed by atoms with van der Waals surface area (Å²) in [6.07, 6.45) is 3.35. The van der Waals surface area contributed by atoms with E-state index in [9.17, 15) is 9.59 Å². The van der Waals surface area contributed by atoms with E-state index in [2.05, 4.69) is 15.8 Å². The predicted octanol–water partition coefficient (Wildman–Crippen LogP) is 0.768. The van der Waals surface area contributed by atoms with Gasteiger partial charge in [0.15, 0.2) is 0 Å². The van der Waals surface area contributed by atoms with Crippen LogP contribution in [0.3, 0.4) is 0 Å². The standard InChI is InChI=1S/C20H21N5O3/c21-8-15(14-2-1-7-22-9-14)19(26)25-10-16-17(11-25)23-24-18(16)12-3-5-13(6-4-12)20(27)28/h1-7,9,15,18,23-24H,8,10-11,21H2,(H,27,28). The molecule has 0 spiro atoms. The number of hydrazine groups is 1. The predicted molar refractivity (Wildman–Crippen MR) is 102 cm³/mol. The molecule has 2 aliphatic rings. The fraction of sp³-hybridized carbons (Fsp3) is 0.250. The van der Waals surface area contributed by atoms with Crippen molar-refractivity contribution >= 4 is 11.9 Å². The Bertz CT molecular complexity index is 927. The van der Waals surface area contributed by atoms with Gasteiger partial charge in [0.2, 0.25) is 5.91 Å². The molecule has 4 rings (SSSR count). The lowest BCUT2D eigenvalue weighted by Gasteiger charge is -2.25. The van der Waals surface area contributed by atoms with Gasteiger partial charge in [-0.05, 0) is 34.9 Å². The van der Waals surface area contributed by atoms with E-state index in [1.165, 1.54) is 0 Å². The van der Waals surface area contributed by atoms with Gasteiger partial charge in [0.05, 0.1) is 24.1 Å². The first-order chi connectivity index (χ1) is 13.6. The second-order valence-electron chi connectivity index (χ2n) is 6.90. The van der Waals surface area contributed by atoms with Gasteiger partial charge in [-0.25, -0.2) is 10.2 Å². The van der Waals surface area contributed by atoms with E-state index in [4.69, 9.17) is 10.8 Å². The molecule has 3 heterocycles. The number of aromatic carboxylic acids is 1. The fourth-order valence-corrected chi connectivity index (χ4v) is 3.72. The number of carbonyl (C=O) groups excluding carboxylic acids is 1. The van der Waals surface area contributed by atoms with Crippen LogP contribution in [0.25, 0.3) is 0 Å². The molecule has 0 saturated carbocycles. The van der Waals surface area contributed by atoms with Gasteiger partial charge in [0.1, 0.15) is 0 Å². The minimum Gasteiger partial charge on any atom is -0.478 e. The van der Waals surface area contributed by atoms with Crippen LogP contribution in [0.2, 0.25) is 0 Å². The molecule has 144 valence electrons. The molecule has 1 amide bonds. The van der Waals surface area contributed by atoms with Crippen molar-refractivity contribution in [2.24, 2.45) is 5.73 Å². The Hall–Kier alpha value is -3.23. The molecule has 2 atom stereocenters. The van der Waals surface area contributed by atoms with Crippen LogP contribution < -0.4 is 16.6 Å². The Kier molecular flexibility index (Phi) is 4.81. The normalized spacial score (nSPS) is 19.3. The molecule has 0 aliphatic carbocycles. The van der Waals surface area contributed by atoms with Crippen LogP contribution in [0.1, 0.15) is 33.4 Å².